The molecule has 0 aliphatic rings. The van der Waals surface area contributed by atoms with Crippen molar-refractivity contribution in [1.29, 1.82) is 0 Å². The zero-order chi connectivity index (χ0) is 13.8. The smallest absolute Gasteiger partial charge is 0.350 e. The van der Waals surface area contributed by atoms with Gasteiger partial charge in [0, 0.05) is 5.88 Å². The first-order chi connectivity index (χ1) is 8.39. The van der Waals surface area contributed by atoms with Crippen molar-refractivity contribution in [1.82, 2.24) is 0 Å². The van der Waals surface area contributed by atoms with Crippen molar-refractivity contribution < 1.29 is 17.9 Å². The molecule has 102 valence electrons. The highest BCUT2D eigenvalue weighted by atomic mass is 35.5. The second kappa shape index (κ2) is 6.40. The maximum absolute atomic E-state index is 11.8. The number of rotatable bonds is 6. The van der Waals surface area contributed by atoms with E-state index in [-0.39, 0.29) is 28.1 Å². The summed E-state index contributed by atoms with van der Waals surface area (Å²) in [7, 11) is -2.27. The summed E-state index contributed by atoms with van der Waals surface area (Å²) < 4.78 is 30.6. The molecule has 0 saturated carbocycles. The minimum absolute atomic E-state index is 0.0903. The van der Waals surface area contributed by atoms with Crippen LogP contribution in [0.4, 0.5) is 5.69 Å². The van der Waals surface area contributed by atoms with Gasteiger partial charge in [0.25, 0.3) is 0 Å². The first kappa shape index (κ1) is 15.3. The van der Waals surface area contributed by atoms with E-state index >= 15 is 0 Å². The third kappa shape index (κ3) is 4.15. The lowest BCUT2D eigenvalue weighted by atomic mass is 10.3. The van der Waals surface area contributed by atoms with Gasteiger partial charge in [-0.25, -0.2) is 13.2 Å². The number of anilines is 1. The second-order valence-corrected chi connectivity index (χ2v) is 6.79. The summed E-state index contributed by atoms with van der Waals surface area (Å²) in [5, 5.41) is 1.62. The average molecular weight is 312 g/mol. The van der Waals surface area contributed by atoms with Crippen LogP contribution in [0, 0.1) is 5.92 Å². The van der Waals surface area contributed by atoms with Gasteiger partial charge in [0.1, 0.15) is 4.88 Å². The summed E-state index contributed by atoms with van der Waals surface area (Å²) >= 11 is 6.70. The topological polar surface area (TPSA) is 72.5 Å². The zero-order valence-electron chi connectivity index (χ0n) is 9.97. The van der Waals surface area contributed by atoms with Gasteiger partial charge in [0.05, 0.1) is 18.6 Å². The molecule has 1 aromatic rings. The van der Waals surface area contributed by atoms with Gasteiger partial charge in [-0.3, -0.25) is 4.72 Å². The first-order valence-corrected chi connectivity index (χ1v) is 8.18. The van der Waals surface area contributed by atoms with Gasteiger partial charge in [-0.2, -0.15) is 0 Å². The van der Waals surface area contributed by atoms with E-state index in [0.717, 1.165) is 11.3 Å². The van der Waals surface area contributed by atoms with Crippen LogP contribution in [0.25, 0.3) is 0 Å². The van der Waals surface area contributed by atoms with Crippen LogP contribution in [-0.4, -0.2) is 33.1 Å². The van der Waals surface area contributed by atoms with Crippen molar-refractivity contribution in [2.45, 2.75) is 6.92 Å². The highest BCUT2D eigenvalue weighted by molar-refractivity contribution is 7.92. The van der Waals surface area contributed by atoms with E-state index in [1.165, 1.54) is 13.2 Å². The van der Waals surface area contributed by atoms with Crippen LogP contribution in [-0.2, 0) is 14.8 Å². The van der Waals surface area contributed by atoms with Gasteiger partial charge in [-0.05, 0) is 17.4 Å². The summed E-state index contributed by atoms with van der Waals surface area (Å²) in [6.07, 6.45) is 0. The Morgan fingerprint density at radius 3 is 2.83 bits per heavy atom. The maximum Gasteiger partial charge on any atom is 0.350 e. The Hall–Kier alpha value is -0.790. The van der Waals surface area contributed by atoms with E-state index in [4.69, 9.17) is 11.6 Å². The van der Waals surface area contributed by atoms with E-state index in [2.05, 4.69) is 9.46 Å². The first-order valence-electron chi connectivity index (χ1n) is 5.12. The third-order valence-corrected chi connectivity index (χ3v) is 5.03. The molecule has 1 heterocycles. The molecule has 0 aromatic carbocycles. The number of alkyl halides is 1. The molecule has 0 amide bonds. The predicted molar refractivity (Wildman–Crippen MR) is 73.0 cm³/mol. The number of carbonyl (C=O) groups is 1. The highest BCUT2D eigenvalue weighted by Gasteiger charge is 2.20. The average Bonchev–Trinajstić information content (AvgIpc) is 2.74. The monoisotopic (exact) mass is 311 g/mol. The molecule has 0 saturated heterocycles. The molecule has 0 aliphatic heterocycles. The predicted octanol–water partition coefficient (Wildman–Crippen LogP) is 2.15. The molecular weight excluding hydrogens is 298 g/mol. The Morgan fingerprint density at radius 1 is 1.61 bits per heavy atom. The van der Waals surface area contributed by atoms with Crippen LogP contribution < -0.4 is 4.72 Å². The molecule has 1 atom stereocenters. The number of hydrogen-bond donors (Lipinski definition) is 1. The molecule has 1 rings (SSSR count). The fraction of sp³-hybridized carbons (Fsp3) is 0.500. The Balaban J connectivity index is 2.85. The van der Waals surface area contributed by atoms with Gasteiger partial charge in [0.15, 0.2) is 0 Å². The number of nitrogens with one attached hydrogen (secondary N) is 1. The van der Waals surface area contributed by atoms with E-state index in [0.29, 0.717) is 0 Å². The molecule has 18 heavy (non-hydrogen) atoms. The van der Waals surface area contributed by atoms with Crippen LogP contribution >= 0.6 is 22.9 Å². The minimum atomic E-state index is -3.52. The normalized spacial score (nSPS) is 13.1. The second-order valence-electron chi connectivity index (χ2n) is 3.80. The van der Waals surface area contributed by atoms with Gasteiger partial charge < -0.3 is 4.74 Å². The van der Waals surface area contributed by atoms with Crippen molar-refractivity contribution >= 4 is 44.6 Å². The number of thiophene rings is 1. The number of carbonyl (C=O) groups excluding carboxylic acids is 1. The molecule has 0 aliphatic carbocycles. The number of hydrogen-bond acceptors (Lipinski definition) is 5. The van der Waals surface area contributed by atoms with Gasteiger partial charge in [-0.15, -0.1) is 22.9 Å². The van der Waals surface area contributed by atoms with E-state index in [1.54, 1.807) is 12.3 Å². The lowest BCUT2D eigenvalue weighted by Gasteiger charge is -2.11. The molecule has 0 bridgehead atoms. The number of halogens is 1. The van der Waals surface area contributed by atoms with Crippen LogP contribution in [0.5, 0.6) is 0 Å². The fourth-order valence-electron chi connectivity index (χ4n) is 1.27. The third-order valence-electron chi connectivity index (χ3n) is 2.07. The Morgan fingerprint density at radius 2 is 2.28 bits per heavy atom. The Labute approximate surface area is 115 Å². The van der Waals surface area contributed by atoms with Crippen molar-refractivity contribution in [2.75, 3.05) is 23.5 Å². The maximum atomic E-state index is 11.8. The molecule has 5 nitrogen and oxygen atoms in total. The van der Waals surface area contributed by atoms with E-state index in [1.807, 2.05) is 0 Å². The lowest BCUT2D eigenvalue weighted by molar-refractivity contribution is 0.0607. The number of methoxy groups -OCH3 is 1. The SMILES string of the molecule is COC(=O)c1sccc1NS(=O)(=O)CC(C)CCl. The summed E-state index contributed by atoms with van der Waals surface area (Å²) in [5.41, 5.74) is 0.244. The molecule has 0 spiro atoms. The van der Waals surface area contributed by atoms with Crippen molar-refractivity contribution in [2.24, 2.45) is 5.92 Å². The summed E-state index contributed by atoms with van der Waals surface area (Å²) in [5.74, 6) is -0.557. The zero-order valence-corrected chi connectivity index (χ0v) is 12.4. The van der Waals surface area contributed by atoms with Crippen molar-refractivity contribution in [3.05, 3.63) is 16.3 Å². The number of esters is 1. The van der Waals surface area contributed by atoms with Crippen molar-refractivity contribution in [3.63, 3.8) is 0 Å². The standard InChI is InChI=1S/C10H14ClNO4S2/c1-7(5-11)6-18(14,15)12-8-3-4-17-9(8)10(13)16-2/h3-4,7,12H,5-6H2,1-2H3. The summed E-state index contributed by atoms with van der Waals surface area (Å²) in [4.78, 5) is 11.6. The summed E-state index contributed by atoms with van der Waals surface area (Å²) in [6, 6.07) is 1.53. The lowest BCUT2D eigenvalue weighted by Crippen LogP contribution is -2.22. The molecule has 1 N–H and O–H groups in total. The highest BCUT2D eigenvalue weighted by Crippen LogP contribution is 2.24. The van der Waals surface area contributed by atoms with Crippen molar-refractivity contribution in [3.8, 4) is 0 Å². The number of ether oxygens (including phenoxy) is 1. The minimum Gasteiger partial charge on any atom is -0.465 e. The molecule has 1 aromatic heterocycles. The molecule has 0 radical (unpaired) electrons. The van der Waals surface area contributed by atoms with Crippen LogP contribution in [0.2, 0.25) is 0 Å². The van der Waals surface area contributed by atoms with Crippen LogP contribution in [0.3, 0.4) is 0 Å². The molecular formula is C10H14ClNO4S2. The van der Waals surface area contributed by atoms with E-state index < -0.39 is 16.0 Å². The molecule has 0 fully saturated rings. The van der Waals surface area contributed by atoms with Crippen LogP contribution in [0.15, 0.2) is 11.4 Å². The quantitative estimate of drug-likeness (QED) is 0.645. The molecule has 8 heteroatoms. The van der Waals surface area contributed by atoms with Crippen LogP contribution in [0.1, 0.15) is 16.6 Å². The summed E-state index contributed by atoms with van der Waals surface area (Å²) in [6.45, 7) is 1.74. The van der Waals surface area contributed by atoms with Gasteiger partial charge >= 0.3 is 5.97 Å². The largest absolute Gasteiger partial charge is 0.465 e. The fourth-order valence-corrected chi connectivity index (χ4v) is 3.79. The van der Waals surface area contributed by atoms with Gasteiger partial charge in [-0.1, -0.05) is 6.92 Å². The van der Waals surface area contributed by atoms with Gasteiger partial charge in [0.2, 0.25) is 10.0 Å². The Kier molecular flexibility index (Phi) is 5.43. The van der Waals surface area contributed by atoms with E-state index in [9.17, 15) is 13.2 Å². The molecule has 1 unspecified atom stereocenters. The Bertz CT molecular complexity index is 512. The number of sulfonamides is 1.